The third-order valence-electron chi connectivity index (χ3n) is 5.43. The summed E-state index contributed by atoms with van der Waals surface area (Å²) < 4.78 is 5.21. The van der Waals surface area contributed by atoms with Crippen molar-refractivity contribution in [2.45, 2.75) is 37.8 Å². The van der Waals surface area contributed by atoms with Crippen LogP contribution in [-0.2, 0) is 9.59 Å². The van der Waals surface area contributed by atoms with Gasteiger partial charge in [0.05, 0.1) is 19.1 Å². The smallest absolute Gasteiger partial charge is 0.225 e. The molecule has 2 fully saturated rings. The summed E-state index contributed by atoms with van der Waals surface area (Å²) in [5, 5.41) is 3.13. The predicted molar refractivity (Wildman–Crippen MR) is 94.9 cm³/mol. The summed E-state index contributed by atoms with van der Waals surface area (Å²) in [5.74, 6) is 1.08. The van der Waals surface area contributed by atoms with Crippen LogP contribution in [0.2, 0.25) is 0 Å². The largest absolute Gasteiger partial charge is 0.497 e. The molecule has 0 aromatic heterocycles. The number of carbonyl (C=O) groups is 2. The number of carbonyl (C=O) groups excluding carboxylic acids is 2. The number of methoxy groups -OCH3 is 1. The number of nitrogens with zero attached hydrogens (tertiary/aromatic N) is 1. The van der Waals surface area contributed by atoms with Crippen LogP contribution in [0.3, 0.4) is 0 Å². The van der Waals surface area contributed by atoms with E-state index in [0.29, 0.717) is 25.3 Å². The maximum absolute atomic E-state index is 12.9. The van der Waals surface area contributed by atoms with Gasteiger partial charge in [0, 0.05) is 26.1 Å². The molecule has 3 rings (SSSR count). The van der Waals surface area contributed by atoms with Crippen LogP contribution in [0.15, 0.2) is 24.3 Å². The fourth-order valence-electron chi connectivity index (χ4n) is 3.73. The highest BCUT2D eigenvalue weighted by Gasteiger charge is 2.40. The molecule has 0 bridgehead atoms. The normalized spacial score (nSPS) is 24.8. The molecule has 1 aromatic carbocycles. The van der Waals surface area contributed by atoms with E-state index in [0.717, 1.165) is 24.2 Å². The van der Waals surface area contributed by atoms with Gasteiger partial charge in [0.2, 0.25) is 11.8 Å². The first kappa shape index (κ1) is 17.7. The Morgan fingerprint density at radius 1 is 1.32 bits per heavy atom. The van der Waals surface area contributed by atoms with Gasteiger partial charge in [0.1, 0.15) is 5.75 Å². The molecule has 1 aliphatic carbocycles. The molecular weight excluding hydrogens is 318 g/mol. The Bertz CT molecular complexity index is 627. The highest BCUT2D eigenvalue weighted by atomic mass is 16.5. The monoisotopic (exact) mass is 345 g/mol. The van der Waals surface area contributed by atoms with Gasteiger partial charge in [-0.25, -0.2) is 0 Å². The number of amides is 2. The topological polar surface area (TPSA) is 84.7 Å². The standard InChI is InChI=1S/C19H27N3O3/c1-22-17(23)10-9-15(19(24)21-16(11-20)12-3-4-12)18(22)13-5-7-14(25-2)8-6-13/h5-8,12,15-16,18H,3-4,9-11,20H2,1-2H3,(H,21,24). The van der Waals surface area contributed by atoms with Gasteiger partial charge < -0.3 is 20.7 Å². The van der Waals surface area contributed by atoms with Gasteiger partial charge in [0.15, 0.2) is 0 Å². The Labute approximate surface area is 148 Å². The first-order valence-corrected chi connectivity index (χ1v) is 8.95. The molecule has 3 unspecified atom stereocenters. The number of benzene rings is 1. The zero-order valence-electron chi connectivity index (χ0n) is 14.9. The maximum atomic E-state index is 12.9. The average Bonchev–Trinajstić information content (AvgIpc) is 3.47. The lowest BCUT2D eigenvalue weighted by atomic mass is 9.83. The number of likely N-dealkylation sites (tertiary alicyclic amines) is 1. The van der Waals surface area contributed by atoms with Crippen LogP contribution in [0.5, 0.6) is 5.75 Å². The first-order chi connectivity index (χ1) is 12.0. The van der Waals surface area contributed by atoms with E-state index in [1.54, 1.807) is 19.1 Å². The van der Waals surface area contributed by atoms with E-state index >= 15 is 0 Å². The van der Waals surface area contributed by atoms with Crippen molar-refractivity contribution >= 4 is 11.8 Å². The van der Waals surface area contributed by atoms with Crippen molar-refractivity contribution < 1.29 is 14.3 Å². The Morgan fingerprint density at radius 3 is 2.56 bits per heavy atom. The Balaban J connectivity index is 1.81. The van der Waals surface area contributed by atoms with Gasteiger partial charge in [-0.3, -0.25) is 9.59 Å². The second-order valence-electron chi connectivity index (χ2n) is 7.06. The summed E-state index contributed by atoms with van der Waals surface area (Å²) in [7, 11) is 3.39. The number of piperidine rings is 1. The van der Waals surface area contributed by atoms with Crippen LogP contribution in [0.25, 0.3) is 0 Å². The summed E-state index contributed by atoms with van der Waals surface area (Å²) in [6.07, 6.45) is 3.23. The summed E-state index contributed by atoms with van der Waals surface area (Å²) in [5.41, 5.74) is 6.78. The van der Waals surface area contributed by atoms with Crippen LogP contribution in [0, 0.1) is 11.8 Å². The molecule has 3 atom stereocenters. The van der Waals surface area contributed by atoms with Gasteiger partial charge in [-0.2, -0.15) is 0 Å². The minimum Gasteiger partial charge on any atom is -0.497 e. The molecule has 3 N–H and O–H groups in total. The van der Waals surface area contributed by atoms with Gasteiger partial charge in [-0.1, -0.05) is 12.1 Å². The van der Waals surface area contributed by atoms with E-state index in [1.165, 1.54) is 0 Å². The fourth-order valence-corrected chi connectivity index (χ4v) is 3.73. The quantitative estimate of drug-likeness (QED) is 0.817. The molecule has 0 radical (unpaired) electrons. The van der Waals surface area contributed by atoms with E-state index in [1.807, 2.05) is 24.3 Å². The maximum Gasteiger partial charge on any atom is 0.225 e. The van der Waals surface area contributed by atoms with Crippen LogP contribution in [0.4, 0.5) is 0 Å². The van der Waals surface area contributed by atoms with E-state index < -0.39 is 0 Å². The minimum absolute atomic E-state index is 0.00233. The molecule has 0 spiro atoms. The molecule has 1 aliphatic heterocycles. The second kappa shape index (κ2) is 7.44. The highest BCUT2D eigenvalue weighted by molar-refractivity contribution is 5.85. The average molecular weight is 345 g/mol. The lowest BCUT2D eigenvalue weighted by Crippen LogP contribution is -2.50. The summed E-state index contributed by atoms with van der Waals surface area (Å²) >= 11 is 0. The van der Waals surface area contributed by atoms with Gasteiger partial charge in [0.25, 0.3) is 0 Å². The predicted octanol–water partition coefficient (Wildman–Crippen LogP) is 1.46. The number of nitrogens with one attached hydrogen (secondary N) is 1. The minimum atomic E-state index is -0.260. The number of nitrogens with two attached hydrogens (primary N) is 1. The zero-order chi connectivity index (χ0) is 18.0. The zero-order valence-corrected chi connectivity index (χ0v) is 14.9. The third kappa shape index (κ3) is 3.79. The van der Waals surface area contributed by atoms with Gasteiger partial charge >= 0.3 is 0 Å². The van der Waals surface area contributed by atoms with Crippen molar-refractivity contribution in [1.82, 2.24) is 10.2 Å². The molecule has 2 amide bonds. The molecule has 1 heterocycles. The fraction of sp³-hybridized carbons (Fsp3) is 0.579. The Kier molecular flexibility index (Phi) is 5.27. The molecule has 1 aromatic rings. The molecule has 1 saturated carbocycles. The van der Waals surface area contributed by atoms with Gasteiger partial charge in [-0.05, 0) is 42.9 Å². The van der Waals surface area contributed by atoms with Crippen LogP contribution in [-0.4, -0.2) is 43.5 Å². The van der Waals surface area contributed by atoms with Crippen LogP contribution >= 0.6 is 0 Å². The number of hydrogen-bond donors (Lipinski definition) is 2. The summed E-state index contributed by atoms with van der Waals surface area (Å²) in [6, 6.07) is 7.38. The van der Waals surface area contributed by atoms with Crippen LogP contribution in [0.1, 0.15) is 37.3 Å². The van der Waals surface area contributed by atoms with Crippen molar-refractivity contribution in [1.29, 1.82) is 0 Å². The van der Waals surface area contributed by atoms with E-state index in [4.69, 9.17) is 10.5 Å². The lowest BCUT2D eigenvalue weighted by Gasteiger charge is -2.39. The molecule has 6 nitrogen and oxygen atoms in total. The van der Waals surface area contributed by atoms with E-state index in [-0.39, 0.29) is 29.8 Å². The SMILES string of the molecule is COc1ccc(C2C(C(=O)NC(CN)C3CC3)CCC(=O)N2C)cc1. The number of hydrogen-bond acceptors (Lipinski definition) is 4. The third-order valence-corrected chi connectivity index (χ3v) is 5.43. The summed E-state index contributed by atoms with van der Waals surface area (Å²) in [6.45, 7) is 0.463. The molecule has 25 heavy (non-hydrogen) atoms. The summed E-state index contributed by atoms with van der Waals surface area (Å²) in [4.78, 5) is 26.8. The van der Waals surface area contributed by atoms with Crippen molar-refractivity contribution in [2.24, 2.45) is 17.6 Å². The molecule has 136 valence electrons. The lowest BCUT2D eigenvalue weighted by molar-refractivity contribution is -0.141. The van der Waals surface area contributed by atoms with E-state index in [2.05, 4.69) is 5.32 Å². The highest BCUT2D eigenvalue weighted by Crippen LogP contribution is 2.37. The van der Waals surface area contributed by atoms with Crippen molar-refractivity contribution in [3.63, 3.8) is 0 Å². The first-order valence-electron chi connectivity index (χ1n) is 8.95. The van der Waals surface area contributed by atoms with Crippen molar-refractivity contribution in [3.05, 3.63) is 29.8 Å². The van der Waals surface area contributed by atoms with Crippen LogP contribution < -0.4 is 15.8 Å². The Morgan fingerprint density at radius 2 is 2.00 bits per heavy atom. The molecule has 1 saturated heterocycles. The van der Waals surface area contributed by atoms with Gasteiger partial charge in [-0.15, -0.1) is 0 Å². The number of rotatable bonds is 6. The van der Waals surface area contributed by atoms with Crippen molar-refractivity contribution in [3.8, 4) is 5.75 Å². The molecule has 6 heteroatoms. The Hall–Kier alpha value is -2.08. The molecular formula is C19H27N3O3. The van der Waals surface area contributed by atoms with Crippen molar-refractivity contribution in [2.75, 3.05) is 20.7 Å². The molecule has 2 aliphatic rings. The van der Waals surface area contributed by atoms with E-state index in [9.17, 15) is 9.59 Å². The second-order valence-corrected chi connectivity index (χ2v) is 7.06. The number of ether oxygens (including phenoxy) is 1.